The minimum atomic E-state index is -0.515. The first kappa shape index (κ1) is 13.1. The number of hydrogen-bond acceptors (Lipinski definition) is 5. The normalized spacial score (nSPS) is 10.2. The molecule has 1 aromatic heterocycles. The first-order valence-electron chi connectivity index (χ1n) is 5.33. The molecule has 19 heavy (non-hydrogen) atoms. The van der Waals surface area contributed by atoms with Gasteiger partial charge in [0.05, 0.1) is 9.95 Å². The number of rotatable bonds is 4. The summed E-state index contributed by atoms with van der Waals surface area (Å²) in [6, 6.07) is 7.49. The van der Waals surface area contributed by atoms with Crippen LogP contribution in [0.5, 0.6) is 5.75 Å². The van der Waals surface area contributed by atoms with Crippen LogP contribution < -0.4 is 10.5 Å². The molecule has 0 unspecified atom stereocenters. The number of aromatic nitrogens is 1. The summed E-state index contributed by atoms with van der Waals surface area (Å²) in [6.07, 6.45) is 1.57. The van der Waals surface area contributed by atoms with E-state index in [1.54, 1.807) is 18.3 Å². The molecule has 0 spiro atoms. The lowest BCUT2D eigenvalue weighted by molar-refractivity contribution is -0.384. The van der Waals surface area contributed by atoms with E-state index in [0.717, 1.165) is 5.56 Å². The molecule has 0 saturated heterocycles. The number of hydrogen-bond donors (Lipinski definition) is 1. The Balaban J connectivity index is 2.10. The predicted molar refractivity (Wildman–Crippen MR) is 71.1 cm³/mol. The van der Waals surface area contributed by atoms with Crippen LogP contribution in [0.2, 0.25) is 5.02 Å². The Morgan fingerprint density at radius 1 is 1.37 bits per heavy atom. The van der Waals surface area contributed by atoms with E-state index in [1.165, 1.54) is 18.2 Å². The van der Waals surface area contributed by atoms with Gasteiger partial charge in [-0.25, -0.2) is 4.98 Å². The Labute approximate surface area is 113 Å². The highest BCUT2D eigenvalue weighted by atomic mass is 35.5. The van der Waals surface area contributed by atoms with Crippen molar-refractivity contribution in [1.29, 1.82) is 0 Å². The smallest absolute Gasteiger partial charge is 0.271 e. The van der Waals surface area contributed by atoms with Gasteiger partial charge in [-0.1, -0.05) is 11.6 Å². The molecule has 0 saturated carbocycles. The van der Waals surface area contributed by atoms with Crippen molar-refractivity contribution in [3.8, 4) is 5.75 Å². The van der Waals surface area contributed by atoms with E-state index < -0.39 is 4.92 Å². The number of anilines is 1. The van der Waals surface area contributed by atoms with Gasteiger partial charge in [-0.2, -0.15) is 0 Å². The lowest BCUT2D eigenvalue weighted by atomic mass is 10.2. The fraction of sp³-hybridized carbons (Fsp3) is 0.0833. The van der Waals surface area contributed by atoms with Gasteiger partial charge in [0.1, 0.15) is 18.2 Å². The second kappa shape index (κ2) is 5.53. The highest BCUT2D eigenvalue weighted by Crippen LogP contribution is 2.29. The average molecular weight is 280 g/mol. The molecule has 1 heterocycles. The second-order valence-corrected chi connectivity index (χ2v) is 4.16. The van der Waals surface area contributed by atoms with Gasteiger partial charge in [0.15, 0.2) is 0 Å². The number of benzene rings is 1. The van der Waals surface area contributed by atoms with Gasteiger partial charge in [-0.15, -0.1) is 0 Å². The summed E-state index contributed by atoms with van der Waals surface area (Å²) in [5, 5.41) is 10.8. The first-order chi connectivity index (χ1) is 9.06. The minimum absolute atomic E-state index is 0.0782. The van der Waals surface area contributed by atoms with E-state index in [4.69, 9.17) is 22.1 Å². The maximum Gasteiger partial charge on any atom is 0.271 e. The third kappa shape index (κ3) is 3.32. The molecular formula is C12H10ClN3O3. The van der Waals surface area contributed by atoms with Crippen LogP contribution in [-0.2, 0) is 6.61 Å². The Kier molecular flexibility index (Phi) is 3.82. The third-order valence-electron chi connectivity index (χ3n) is 2.37. The molecule has 0 aliphatic carbocycles. The van der Waals surface area contributed by atoms with E-state index in [9.17, 15) is 10.1 Å². The lowest BCUT2D eigenvalue weighted by Crippen LogP contribution is -1.98. The average Bonchev–Trinajstić information content (AvgIpc) is 2.37. The van der Waals surface area contributed by atoms with Crippen molar-refractivity contribution in [2.45, 2.75) is 6.61 Å². The molecule has 0 amide bonds. The molecule has 0 atom stereocenters. The summed E-state index contributed by atoms with van der Waals surface area (Å²) < 4.78 is 5.47. The fourth-order valence-electron chi connectivity index (χ4n) is 1.47. The van der Waals surface area contributed by atoms with Crippen LogP contribution in [0.4, 0.5) is 11.5 Å². The summed E-state index contributed by atoms with van der Waals surface area (Å²) in [5.74, 6) is 0.776. The van der Waals surface area contributed by atoms with Crippen molar-refractivity contribution < 1.29 is 9.66 Å². The quantitative estimate of drug-likeness (QED) is 0.686. The Bertz CT molecular complexity index is 619. The van der Waals surface area contributed by atoms with Gasteiger partial charge in [0.2, 0.25) is 0 Å². The molecule has 98 valence electrons. The van der Waals surface area contributed by atoms with Crippen molar-refractivity contribution in [2.75, 3.05) is 5.73 Å². The summed E-state index contributed by atoms with van der Waals surface area (Å²) >= 11 is 5.90. The zero-order valence-electron chi connectivity index (χ0n) is 9.75. The number of nitro groups is 1. The lowest BCUT2D eigenvalue weighted by Gasteiger charge is -2.08. The number of pyridine rings is 1. The van der Waals surface area contributed by atoms with Gasteiger partial charge in [-0.3, -0.25) is 10.1 Å². The molecule has 2 N–H and O–H groups in total. The van der Waals surface area contributed by atoms with E-state index in [1.807, 2.05) is 0 Å². The summed E-state index contributed by atoms with van der Waals surface area (Å²) in [4.78, 5) is 13.9. The highest BCUT2D eigenvalue weighted by Gasteiger charge is 2.10. The Hall–Kier alpha value is -2.34. The topological polar surface area (TPSA) is 91.3 Å². The number of nitro benzene ring substituents is 1. The molecule has 7 heteroatoms. The summed E-state index contributed by atoms with van der Waals surface area (Å²) in [7, 11) is 0. The van der Waals surface area contributed by atoms with Crippen LogP contribution >= 0.6 is 11.6 Å². The minimum Gasteiger partial charge on any atom is -0.487 e. The third-order valence-corrected chi connectivity index (χ3v) is 2.66. The first-order valence-corrected chi connectivity index (χ1v) is 5.71. The van der Waals surface area contributed by atoms with E-state index in [0.29, 0.717) is 11.6 Å². The maximum atomic E-state index is 10.6. The van der Waals surface area contributed by atoms with Crippen LogP contribution in [0.15, 0.2) is 36.5 Å². The van der Waals surface area contributed by atoms with Gasteiger partial charge in [0, 0.05) is 18.3 Å². The number of non-ortho nitro benzene ring substituents is 1. The second-order valence-electron chi connectivity index (χ2n) is 3.75. The summed E-state index contributed by atoms with van der Waals surface area (Å²) in [6.45, 7) is 0.254. The molecule has 6 nitrogen and oxygen atoms in total. The summed E-state index contributed by atoms with van der Waals surface area (Å²) in [5.41, 5.74) is 6.30. The molecule has 2 aromatic rings. The molecule has 1 aromatic carbocycles. The molecule has 0 radical (unpaired) electrons. The van der Waals surface area contributed by atoms with E-state index in [2.05, 4.69) is 4.98 Å². The number of halogens is 1. The zero-order chi connectivity index (χ0) is 13.8. The van der Waals surface area contributed by atoms with E-state index >= 15 is 0 Å². The largest absolute Gasteiger partial charge is 0.487 e. The Morgan fingerprint density at radius 3 is 2.79 bits per heavy atom. The van der Waals surface area contributed by atoms with Crippen molar-refractivity contribution in [3.63, 3.8) is 0 Å². The van der Waals surface area contributed by atoms with Crippen LogP contribution in [0.1, 0.15) is 5.56 Å². The van der Waals surface area contributed by atoms with Crippen molar-refractivity contribution in [1.82, 2.24) is 4.98 Å². The number of ether oxygens (including phenoxy) is 1. The van der Waals surface area contributed by atoms with Crippen LogP contribution in [0.3, 0.4) is 0 Å². The number of nitrogens with zero attached hydrogens (tertiary/aromatic N) is 2. The SMILES string of the molecule is Nc1cc(COc2ccc([N+](=O)[O-])cc2Cl)ccn1. The van der Waals surface area contributed by atoms with Gasteiger partial charge < -0.3 is 10.5 Å². The van der Waals surface area contributed by atoms with Crippen molar-refractivity contribution in [2.24, 2.45) is 0 Å². The predicted octanol–water partition coefficient (Wildman–Crippen LogP) is 2.80. The molecule has 2 rings (SSSR count). The maximum absolute atomic E-state index is 10.6. The molecule has 0 fully saturated rings. The van der Waals surface area contributed by atoms with Crippen molar-refractivity contribution >= 4 is 23.1 Å². The number of nitrogens with two attached hydrogens (primary N) is 1. The van der Waals surface area contributed by atoms with Gasteiger partial charge in [0.25, 0.3) is 5.69 Å². The van der Waals surface area contributed by atoms with Crippen LogP contribution in [-0.4, -0.2) is 9.91 Å². The zero-order valence-corrected chi connectivity index (χ0v) is 10.5. The Morgan fingerprint density at radius 2 is 2.16 bits per heavy atom. The fourth-order valence-corrected chi connectivity index (χ4v) is 1.69. The standard InChI is InChI=1S/C12H10ClN3O3/c13-10-6-9(16(17)18)1-2-11(10)19-7-8-3-4-15-12(14)5-8/h1-6H,7H2,(H2,14,15). The molecule has 0 aliphatic rings. The molecule has 0 aliphatic heterocycles. The number of nitrogen functional groups attached to an aromatic ring is 1. The van der Waals surface area contributed by atoms with E-state index in [-0.39, 0.29) is 17.3 Å². The van der Waals surface area contributed by atoms with Gasteiger partial charge in [-0.05, 0) is 23.8 Å². The van der Waals surface area contributed by atoms with Crippen LogP contribution in [0.25, 0.3) is 0 Å². The van der Waals surface area contributed by atoms with Crippen molar-refractivity contribution in [3.05, 3.63) is 57.2 Å². The monoisotopic (exact) mass is 279 g/mol. The molecule has 0 bridgehead atoms. The van der Waals surface area contributed by atoms with Crippen LogP contribution in [0, 0.1) is 10.1 Å². The highest BCUT2D eigenvalue weighted by molar-refractivity contribution is 6.32. The molecular weight excluding hydrogens is 270 g/mol. The van der Waals surface area contributed by atoms with Gasteiger partial charge >= 0.3 is 0 Å².